The third-order valence-electron chi connectivity index (χ3n) is 5.83. The fourth-order valence-electron chi connectivity index (χ4n) is 4.00. The molecule has 0 bridgehead atoms. The summed E-state index contributed by atoms with van der Waals surface area (Å²) in [5.74, 6) is 0.258. The number of hydrogen-bond acceptors (Lipinski definition) is 3. The van der Waals surface area contributed by atoms with Crippen molar-refractivity contribution in [2.45, 2.75) is 34.6 Å². The highest BCUT2D eigenvalue weighted by molar-refractivity contribution is 6.00. The Hall–Kier alpha value is -2.14. The van der Waals surface area contributed by atoms with Crippen LogP contribution in [-0.4, -0.2) is 43.0 Å². The van der Waals surface area contributed by atoms with Gasteiger partial charge in [0.25, 0.3) is 5.91 Å². The second kappa shape index (κ2) is 7.47. The summed E-state index contributed by atoms with van der Waals surface area (Å²) in [4.78, 5) is 27.5. The summed E-state index contributed by atoms with van der Waals surface area (Å²) in [5.41, 5.74) is 3.39. The molecule has 5 heteroatoms. The number of carbonyl (C=O) groups is 2. The molecule has 0 spiro atoms. The summed E-state index contributed by atoms with van der Waals surface area (Å²) >= 11 is 0. The third-order valence-corrected chi connectivity index (χ3v) is 5.83. The molecule has 2 atom stereocenters. The van der Waals surface area contributed by atoms with E-state index < -0.39 is 0 Å². The number of rotatable bonds is 4. The fraction of sp³-hybridized carbons (Fsp3) is 0.545. The van der Waals surface area contributed by atoms with Crippen LogP contribution in [0.5, 0.6) is 0 Å². The molecule has 2 amide bonds. The Bertz CT molecular complexity index is 772. The summed E-state index contributed by atoms with van der Waals surface area (Å²) < 4.78 is 5.33. The van der Waals surface area contributed by atoms with Crippen molar-refractivity contribution in [3.8, 4) is 0 Å². The molecule has 146 valence electrons. The summed E-state index contributed by atoms with van der Waals surface area (Å²) in [7, 11) is 0. The van der Waals surface area contributed by atoms with Crippen LogP contribution in [0.3, 0.4) is 0 Å². The van der Waals surface area contributed by atoms with Crippen molar-refractivity contribution in [1.29, 1.82) is 0 Å². The molecule has 2 fully saturated rings. The first-order chi connectivity index (χ1) is 12.7. The Kier molecular flexibility index (Phi) is 5.43. The third kappa shape index (κ3) is 3.93. The molecule has 5 nitrogen and oxygen atoms in total. The number of hydrogen-bond donors (Lipinski definition) is 1. The molecule has 1 aromatic rings. The molecule has 2 aliphatic rings. The summed E-state index contributed by atoms with van der Waals surface area (Å²) in [5, 5.41) is 3.07. The number of benzene rings is 1. The van der Waals surface area contributed by atoms with Crippen molar-refractivity contribution in [2.24, 2.45) is 17.3 Å². The van der Waals surface area contributed by atoms with E-state index in [0.29, 0.717) is 31.9 Å². The van der Waals surface area contributed by atoms with Crippen LogP contribution in [0.2, 0.25) is 0 Å². The van der Waals surface area contributed by atoms with E-state index in [2.05, 4.69) is 39.1 Å². The van der Waals surface area contributed by atoms with Gasteiger partial charge in [-0.1, -0.05) is 31.6 Å². The first-order valence-electron chi connectivity index (χ1n) is 9.66. The average Bonchev–Trinajstić information content (AvgIpc) is 3.16. The smallest absolute Gasteiger partial charge is 0.254 e. The van der Waals surface area contributed by atoms with Gasteiger partial charge in [-0.15, -0.1) is 0 Å². The minimum atomic E-state index is -0.0367. The lowest BCUT2D eigenvalue weighted by atomic mass is 10.0. The molecular weight excluding hydrogens is 340 g/mol. The van der Waals surface area contributed by atoms with Gasteiger partial charge in [-0.3, -0.25) is 9.59 Å². The minimum Gasteiger partial charge on any atom is -0.378 e. The van der Waals surface area contributed by atoms with Gasteiger partial charge < -0.3 is 15.0 Å². The van der Waals surface area contributed by atoms with E-state index >= 15 is 0 Å². The van der Waals surface area contributed by atoms with Crippen LogP contribution in [0.15, 0.2) is 29.8 Å². The lowest BCUT2D eigenvalue weighted by Crippen LogP contribution is -2.41. The largest absolute Gasteiger partial charge is 0.378 e. The molecule has 1 N–H and O–H groups in total. The van der Waals surface area contributed by atoms with Crippen LogP contribution in [0, 0.1) is 24.2 Å². The maximum atomic E-state index is 12.9. The van der Waals surface area contributed by atoms with Crippen molar-refractivity contribution < 1.29 is 14.3 Å². The number of carbonyl (C=O) groups excluding carboxylic acids is 2. The normalized spacial score (nSPS) is 23.5. The molecule has 1 aliphatic heterocycles. The zero-order valence-corrected chi connectivity index (χ0v) is 17.0. The van der Waals surface area contributed by atoms with Crippen molar-refractivity contribution in [1.82, 2.24) is 4.90 Å². The number of nitrogens with zero attached hydrogens (tertiary/aromatic N) is 1. The molecule has 0 radical (unpaired) electrons. The number of morpholine rings is 1. The maximum absolute atomic E-state index is 12.9. The molecular formula is C22H30N2O3. The molecule has 0 unspecified atom stereocenters. The SMILES string of the molecule is CC(C)=C[C@H]1[C@H](C(=O)Nc2cccc(C(=O)N3CCOCC3)c2C)C1(C)C. The lowest BCUT2D eigenvalue weighted by Gasteiger charge is -2.27. The molecule has 1 aliphatic carbocycles. The molecule has 27 heavy (non-hydrogen) atoms. The second-order valence-electron chi connectivity index (χ2n) is 8.44. The molecule has 1 saturated carbocycles. The van der Waals surface area contributed by atoms with Crippen LogP contribution < -0.4 is 5.32 Å². The fourth-order valence-corrected chi connectivity index (χ4v) is 4.00. The van der Waals surface area contributed by atoms with Crippen LogP contribution in [0.1, 0.15) is 43.6 Å². The standard InChI is InChI=1S/C22H30N2O3/c1-14(2)13-17-19(22(17,4)5)20(25)23-18-8-6-7-16(15(18)3)21(26)24-9-11-27-12-10-24/h6-8,13,17,19H,9-12H2,1-5H3,(H,23,25)/t17-,19+/m0/s1. The van der Waals surface area contributed by atoms with E-state index in [9.17, 15) is 9.59 Å². The number of allylic oxidation sites excluding steroid dienone is 2. The van der Waals surface area contributed by atoms with E-state index in [1.54, 1.807) is 0 Å². The van der Waals surface area contributed by atoms with Gasteiger partial charge in [-0.25, -0.2) is 0 Å². The average molecular weight is 370 g/mol. The molecule has 3 rings (SSSR count). The van der Waals surface area contributed by atoms with Gasteiger partial charge in [0.1, 0.15) is 0 Å². The van der Waals surface area contributed by atoms with Gasteiger partial charge in [0.2, 0.25) is 5.91 Å². The van der Waals surface area contributed by atoms with Gasteiger partial charge in [0.05, 0.1) is 19.1 Å². The Morgan fingerprint density at radius 3 is 2.52 bits per heavy atom. The summed E-state index contributed by atoms with van der Waals surface area (Å²) in [6, 6.07) is 5.53. The van der Waals surface area contributed by atoms with Crippen molar-refractivity contribution in [3.63, 3.8) is 0 Å². The quantitative estimate of drug-likeness (QED) is 0.823. The lowest BCUT2D eigenvalue weighted by molar-refractivity contribution is -0.118. The summed E-state index contributed by atoms with van der Waals surface area (Å²) in [6.45, 7) is 12.6. The Morgan fingerprint density at radius 1 is 1.22 bits per heavy atom. The highest BCUT2D eigenvalue weighted by Gasteiger charge is 2.60. The van der Waals surface area contributed by atoms with Crippen LogP contribution in [0.4, 0.5) is 5.69 Å². The van der Waals surface area contributed by atoms with Crippen LogP contribution in [0.25, 0.3) is 0 Å². The van der Waals surface area contributed by atoms with Gasteiger partial charge in [0, 0.05) is 24.3 Å². The second-order valence-corrected chi connectivity index (χ2v) is 8.44. The first kappa shape index (κ1) is 19.6. The number of ether oxygens (including phenoxy) is 1. The van der Waals surface area contributed by atoms with E-state index in [4.69, 9.17) is 4.74 Å². The van der Waals surface area contributed by atoms with E-state index in [1.807, 2.05) is 30.0 Å². The predicted molar refractivity (Wildman–Crippen MR) is 107 cm³/mol. The number of amides is 2. The Balaban J connectivity index is 1.75. The van der Waals surface area contributed by atoms with E-state index in [0.717, 1.165) is 11.3 Å². The van der Waals surface area contributed by atoms with Gasteiger partial charge in [-0.05, 0) is 49.8 Å². The van der Waals surface area contributed by atoms with E-state index in [-0.39, 0.29) is 29.1 Å². The predicted octanol–water partition coefficient (Wildman–Crippen LogP) is 3.64. The highest BCUT2D eigenvalue weighted by atomic mass is 16.5. The van der Waals surface area contributed by atoms with Crippen molar-refractivity contribution >= 4 is 17.5 Å². The van der Waals surface area contributed by atoms with Crippen LogP contribution >= 0.6 is 0 Å². The monoisotopic (exact) mass is 370 g/mol. The Labute approximate surface area is 161 Å². The molecule has 1 aromatic carbocycles. The van der Waals surface area contributed by atoms with Gasteiger partial charge in [-0.2, -0.15) is 0 Å². The zero-order valence-electron chi connectivity index (χ0n) is 17.0. The van der Waals surface area contributed by atoms with Crippen molar-refractivity contribution in [3.05, 3.63) is 41.0 Å². The van der Waals surface area contributed by atoms with E-state index in [1.165, 1.54) is 5.57 Å². The van der Waals surface area contributed by atoms with Gasteiger partial charge in [0.15, 0.2) is 0 Å². The van der Waals surface area contributed by atoms with Crippen LogP contribution in [-0.2, 0) is 9.53 Å². The molecule has 0 aromatic heterocycles. The molecule has 1 saturated heterocycles. The first-order valence-corrected chi connectivity index (χ1v) is 9.66. The zero-order chi connectivity index (χ0) is 19.8. The number of anilines is 1. The summed E-state index contributed by atoms with van der Waals surface area (Å²) in [6.07, 6.45) is 2.19. The topological polar surface area (TPSA) is 58.6 Å². The maximum Gasteiger partial charge on any atom is 0.254 e. The highest BCUT2D eigenvalue weighted by Crippen LogP contribution is 2.59. The Morgan fingerprint density at radius 2 is 1.89 bits per heavy atom. The van der Waals surface area contributed by atoms with Gasteiger partial charge >= 0.3 is 0 Å². The minimum absolute atomic E-state index is 0.000989. The number of nitrogens with one attached hydrogen (secondary N) is 1. The molecule has 1 heterocycles. The van der Waals surface area contributed by atoms with Crippen molar-refractivity contribution in [2.75, 3.05) is 31.6 Å².